The Labute approximate surface area is 202 Å². The quantitative estimate of drug-likeness (QED) is 0.657. The summed E-state index contributed by atoms with van der Waals surface area (Å²) in [6, 6.07) is 6.32. The third-order valence-corrected chi connectivity index (χ3v) is 8.18. The van der Waals surface area contributed by atoms with E-state index in [1.807, 2.05) is 11.7 Å². The van der Waals surface area contributed by atoms with Gasteiger partial charge in [0.2, 0.25) is 11.8 Å². The molecule has 34 heavy (non-hydrogen) atoms. The molecule has 1 N–H and O–H groups in total. The highest BCUT2D eigenvalue weighted by molar-refractivity contribution is 6.03. The van der Waals surface area contributed by atoms with Gasteiger partial charge in [-0.05, 0) is 30.7 Å². The average Bonchev–Trinajstić information content (AvgIpc) is 3.17. The van der Waals surface area contributed by atoms with Crippen molar-refractivity contribution in [3.8, 4) is 0 Å². The molecule has 2 saturated heterocycles. The van der Waals surface area contributed by atoms with Crippen LogP contribution >= 0.6 is 0 Å². The molecule has 1 aromatic heterocycles. The molecule has 0 bridgehead atoms. The van der Waals surface area contributed by atoms with Crippen LogP contribution in [0.25, 0.3) is 10.9 Å². The Morgan fingerprint density at radius 2 is 1.82 bits per heavy atom. The number of imide groups is 1. The molecule has 3 fully saturated rings. The molecule has 7 nitrogen and oxygen atoms in total. The van der Waals surface area contributed by atoms with Crippen molar-refractivity contribution in [3.63, 3.8) is 0 Å². The predicted molar refractivity (Wildman–Crippen MR) is 135 cm³/mol. The zero-order chi connectivity index (χ0) is 23.7. The number of nitrogens with zero attached hydrogens (tertiary/aromatic N) is 4. The van der Waals surface area contributed by atoms with Crippen LogP contribution in [0.1, 0.15) is 69.9 Å². The molecule has 2 aromatic rings. The van der Waals surface area contributed by atoms with E-state index >= 15 is 0 Å². The fourth-order valence-electron chi connectivity index (χ4n) is 6.49. The van der Waals surface area contributed by atoms with E-state index in [1.54, 1.807) is 0 Å². The number of piperazine rings is 1. The Hall–Kier alpha value is -2.41. The number of carbonyl (C=O) groups excluding carboxylic acids is 2. The Morgan fingerprint density at radius 1 is 1.06 bits per heavy atom. The number of anilines is 1. The van der Waals surface area contributed by atoms with Crippen LogP contribution < -0.4 is 10.2 Å². The summed E-state index contributed by atoms with van der Waals surface area (Å²) < 4.78 is 1.92. The summed E-state index contributed by atoms with van der Waals surface area (Å²) in [6.45, 7) is 7.84. The van der Waals surface area contributed by atoms with E-state index in [-0.39, 0.29) is 17.7 Å². The molecule has 2 amide bonds. The zero-order valence-electron chi connectivity index (χ0n) is 20.8. The molecule has 1 unspecified atom stereocenters. The molecular weight excluding hydrogens is 426 g/mol. The smallest absolute Gasteiger partial charge is 0.235 e. The van der Waals surface area contributed by atoms with E-state index < -0.39 is 0 Å². The highest BCUT2D eigenvalue weighted by Crippen LogP contribution is 2.35. The van der Waals surface area contributed by atoms with Crippen LogP contribution in [0, 0.1) is 11.8 Å². The first-order valence-corrected chi connectivity index (χ1v) is 13.3. The molecule has 2 atom stereocenters. The lowest BCUT2D eigenvalue weighted by molar-refractivity contribution is -0.134. The number of amides is 2. The maximum absolute atomic E-state index is 12.5. The number of hydrogen-bond donors (Lipinski definition) is 1. The lowest BCUT2D eigenvalue weighted by Gasteiger charge is -2.38. The Bertz CT molecular complexity index is 1030. The summed E-state index contributed by atoms with van der Waals surface area (Å²) in [4.78, 5) is 29.2. The molecule has 3 heterocycles. The van der Waals surface area contributed by atoms with Crippen LogP contribution in [0.4, 0.5) is 5.69 Å². The molecule has 5 rings (SSSR count). The van der Waals surface area contributed by atoms with Crippen molar-refractivity contribution in [2.24, 2.45) is 18.9 Å². The van der Waals surface area contributed by atoms with Gasteiger partial charge in [-0.25, -0.2) is 0 Å². The van der Waals surface area contributed by atoms with Gasteiger partial charge in [-0.2, -0.15) is 5.10 Å². The van der Waals surface area contributed by atoms with E-state index in [0.717, 1.165) is 54.6 Å². The number of hydrogen-bond acceptors (Lipinski definition) is 5. The van der Waals surface area contributed by atoms with Gasteiger partial charge < -0.3 is 4.90 Å². The maximum Gasteiger partial charge on any atom is 0.235 e. The summed E-state index contributed by atoms with van der Waals surface area (Å²) in [5.74, 6) is 0.946. The number of aryl methyl sites for hydroxylation is 1. The summed E-state index contributed by atoms with van der Waals surface area (Å²) in [7, 11) is 1.96. The monoisotopic (exact) mass is 465 g/mol. The van der Waals surface area contributed by atoms with Gasteiger partial charge in [0.05, 0.1) is 22.8 Å². The molecule has 0 radical (unpaired) electrons. The number of aromatic nitrogens is 2. The number of nitrogens with one attached hydrogen (secondary N) is 1. The molecule has 3 aliphatic rings. The van der Waals surface area contributed by atoms with Crippen LogP contribution in [-0.2, 0) is 16.6 Å². The van der Waals surface area contributed by atoms with Crippen LogP contribution in [0.3, 0.4) is 0 Å². The summed E-state index contributed by atoms with van der Waals surface area (Å²) in [5.41, 5.74) is 3.07. The van der Waals surface area contributed by atoms with Gasteiger partial charge in [0.25, 0.3) is 0 Å². The fourth-order valence-corrected chi connectivity index (χ4v) is 6.49. The maximum atomic E-state index is 12.5. The van der Waals surface area contributed by atoms with Crippen LogP contribution in [-0.4, -0.2) is 59.2 Å². The first-order valence-electron chi connectivity index (χ1n) is 13.3. The molecule has 1 aromatic carbocycles. The zero-order valence-corrected chi connectivity index (χ0v) is 20.8. The standard InChI is InChI=1S/C27H39N5O2/c1-19(17-20-7-4-3-5-8-20)18-31-13-15-32(16-14-31)23-10-6-9-21-25(29-30(2)26(21)23)22-11-12-24(33)28-27(22)34/h6,9-10,19-20,22H,3-5,7-8,11-18H2,1-2H3,(H,28,33,34)/t19-,22?/m1/s1. The van der Waals surface area contributed by atoms with Crippen LogP contribution in [0.5, 0.6) is 0 Å². The van der Waals surface area contributed by atoms with Gasteiger partial charge in [-0.3, -0.25) is 24.5 Å². The Balaban J connectivity index is 1.25. The highest BCUT2D eigenvalue weighted by atomic mass is 16.2. The minimum atomic E-state index is -0.362. The minimum absolute atomic E-state index is 0.187. The molecular formula is C27H39N5O2. The van der Waals surface area contributed by atoms with Gasteiger partial charge in [-0.15, -0.1) is 0 Å². The summed E-state index contributed by atoms with van der Waals surface area (Å²) >= 11 is 0. The van der Waals surface area contributed by atoms with E-state index in [1.165, 1.54) is 50.8 Å². The van der Waals surface area contributed by atoms with E-state index in [2.05, 4.69) is 40.2 Å². The topological polar surface area (TPSA) is 70.5 Å². The summed E-state index contributed by atoms with van der Waals surface area (Å²) in [5, 5.41) is 8.27. The number of piperidine rings is 1. The van der Waals surface area contributed by atoms with Crippen LogP contribution in [0.15, 0.2) is 18.2 Å². The fraction of sp³-hybridized carbons (Fsp3) is 0.667. The van der Waals surface area contributed by atoms with Crippen molar-refractivity contribution in [2.45, 2.75) is 64.2 Å². The van der Waals surface area contributed by atoms with Gasteiger partial charge in [-0.1, -0.05) is 51.2 Å². The largest absolute Gasteiger partial charge is 0.367 e. The molecule has 184 valence electrons. The minimum Gasteiger partial charge on any atom is -0.367 e. The second kappa shape index (κ2) is 10.1. The predicted octanol–water partition coefficient (Wildman–Crippen LogP) is 3.82. The average molecular weight is 466 g/mol. The number of fused-ring (bicyclic) bond motifs is 1. The van der Waals surface area contributed by atoms with E-state index in [0.29, 0.717) is 12.8 Å². The first kappa shape index (κ1) is 23.3. The number of rotatable bonds is 6. The lowest BCUT2D eigenvalue weighted by atomic mass is 9.83. The van der Waals surface area contributed by atoms with E-state index in [4.69, 9.17) is 5.10 Å². The lowest BCUT2D eigenvalue weighted by Crippen LogP contribution is -2.47. The SMILES string of the molecule is C[C@H](CC1CCCCC1)CN1CCN(c2cccc3c(C4CCC(=O)NC4=O)nn(C)c23)CC1. The second-order valence-electron chi connectivity index (χ2n) is 10.8. The van der Waals surface area contributed by atoms with Crippen molar-refractivity contribution < 1.29 is 9.59 Å². The van der Waals surface area contributed by atoms with E-state index in [9.17, 15) is 9.59 Å². The van der Waals surface area contributed by atoms with Crippen molar-refractivity contribution in [2.75, 3.05) is 37.6 Å². The molecule has 0 spiro atoms. The molecule has 7 heteroatoms. The van der Waals surface area contributed by atoms with Crippen molar-refractivity contribution in [3.05, 3.63) is 23.9 Å². The Morgan fingerprint density at radius 3 is 2.56 bits per heavy atom. The third kappa shape index (κ3) is 4.85. The van der Waals surface area contributed by atoms with Gasteiger partial charge in [0.1, 0.15) is 0 Å². The third-order valence-electron chi connectivity index (χ3n) is 8.18. The molecule has 2 aliphatic heterocycles. The Kier molecular flexibility index (Phi) is 6.91. The number of carbonyl (C=O) groups is 2. The molecule has 1 aliphatic carbocycles. The highest BCUT2D eigenvalue weighted by Gasteiger charge is 2.32. The van der Waals surface area contributed by atoms with Crippen LogP contribution in [0.2, 0.25) is 0 Å². The second-order valence-corrected chi connectivity index (χ2v) is 10.8. The number of benzene rings is 1. The van der Waals surface area contributed by atoms with Gasteiger partial charge >= 0.3 is 0 Å². The van der Waals surface area contributed by atoms with Gasteiger partial charge in [0.15, 0.2) is 0 Å². The molecule has 1 saturated carbocycles. The number of para-hydroxylation sites is 1. The summed E-state index contributed by atoms with van der Waals surface area (Å²) in [6.07, 6.45) is 9.46. The van der Waals surface area contributed by atoms with Crippen molar-refractivity contribution in [1.29, 1.82) is 0 Å². The van der Waals surface area contributed by atoms with Gasteiger partial charge in [0, 0.05) is 51.6 Å². The van der Waals surface area contributed by atoms with Crippen molar-refractivity contribution in [1.82, 2.24) is 20.0 Å². The first-order chi connectivity index (χ1) is 16.5. The van der Waals surface area contributed by atoms with Crippen molar-refractivity contribution >= 4 is 28.4 Å². The normalized spacial score (nSPS) is 23.9.